The number of aliphatic carboxylic acids is 1. The van der Waals surface area contributed by atoms with Crippen LogP contribution in [0.2, 0.25) is 0 Å². The lowest BCUT2D eigenvalue weighted by Crippen LogP contribution is -2.64. The molecule has 4 heterocycles. The number of anilines is 1. The first-order chi connectivity index (χ1) is 40.1. The summed E-state index contributed by atoms with van der Waals surface area (Å²) >= 11 is 0. The van der Waals surface area contributed by atoms with E-state index >= 15 is 0 Å². The summed E-state index contributed by atoms with van der Waals surface area (Å²) in [6.45, 7) is 5.59. The van der Waals surface area contributed by atoms with E-state index in [1.165, 1.54) is 19.1 Å². The number of hydrogen-bond acceptors (Lipinski definition) is 20. The first kappa shape index (κ1) is 63.5. The molecule has 4 fully saturated rings. The summed E-state index contributed by atoms with van der Waals surface area (Å²) in [7, 11) is 0. The number of ether oxygens (including phenoxy) is 8. The fraction of sp³-hybridized carbons (Fsp3) is 0.655. The molecule has 9 unspecified atom stereocenters. The Morgan fingerprint density at radius 1 is 0.831 bits per heavy atom. The Hall–Kier alpha value is -5.52. The van der Waals surface area contributed by atoms with Crippen molar-refractivity contribution < 1.29 is 87.7 Å². The summed E-state index contributed by atoms with van der Waals surface area (Å²) in [5.41, 5.74) is 7.96. The van der Waals surface area contributed by atoms with E-state index in [0.29, 0.717) is 58.0 Å². The smallest absolute Gasteiger partial charge is 0.338 e. The third-order valence-corrected chi connectivity index (χ3v) is 16.0. The molecule has 25 heteroatoms. The van der Waals surface area contributed by atoms with Gasteiger partial charge in [-0.3, -0.25) is 14.3 Å². The summed E-state index contributed by atoms with van der Waals surface area (Å²) in [5.74, 6) is -3.91. The summed E-state index contributed by atoms with van der Waals surface area (Å²) in [4.78, 5) is 53.3. The molecule has 0 spiro atoms. The number of fused-ring (bicyclic) bond motifs is 1. The van der Waals surface area contributed by atoms with E-state index in [-0.39, 0.29) is 55.7 Å². The summed E-state index contributed by atoms with van der Waals surface area (Å²) in [5, 5.41) is 80.7. The SMILES string of the molecule is CC1CC(C(=O)NCCCc2cn(CCCn3ccc4cc(NC(=O)COCCOCCN)ccc43)nn2)C[C@@H](O[C@@H]2OC(CO)[C@H](O)C(O[C@@H](CC3CCCCC3)C(=O)O)C2OC(=O)c2ccccc2)C1O[C@@H]1OC(C)[C@@H](O)C(O)C1O. The molecule has 0 bridgehead atoms. The van der Waals surface area contributed by atoms with Crippen molar-refractivity contribution in [1.82, 2.24) is 24.9 Å². The average molecular weight is 1170 g/mol. The lowest BCUT2D eigenvalue weighted by atomic mass is 9.77. The van der Waals surface area contributed by atoms with Crippen LogP contribution in [-0.2, 0) is 71.8 Å². The van der Waals surface area contributed by atoms with Crippen LogP contribution in [0.4, 0.5) is 5.69 Å². The third-order valence-electron chi connectivity index (χ3n) is 16.0. The average Bonchev–Trinajstić information content (AvgIpc) is 4.32. The van der Waals surface area contributed by atoms with Gasteiger partial charge in [0.05, 0.1) is 56.0 Å². The normalized spacial score (nSPS) is 29.1. The molecule has 2 saturated heterocycles. The van der Waals surface area contributed by atoms with E-state index < -0.39 is 110 Å². The first-order valence-electron chi connectivity index (χ1n) is 29.1. The Kier molecular flexibility index (Phi) is 23.7. The molecule has 2 saturated carbocycles. The van der Waals surface area contributed by atoms with Gasteiger partial charge in [0.15, 0.2) is 24.8 Å². The number of esters is 1. The molecule has 10 N–H and O–H groups in total. The number of amides is 2. The van der Waals surface area contributed by atoms with Crippen molar-refractivity contribution in [3.05, 3.63) is 78.2 Å². The zero-order chi connectivity index (χ0) is 59.0. The van der Waals surface area contributed by atoms with Gasteiger partial charge in [0.1, 0.15) is 43.2 Å². The highest BCUT2D eigenvalue weighted by Gasteiger charge is 2.54. The summed E-state index contributed by atoms with van der Waals surface area (Å²) < 4.78 is 52.1. The molecular formula is C58H83N7O18. The van der Waals surface area contributed by atoms with Crippen molar-refractivity contribution in [2.75, 3.05) is 51.4 Å². The molecule has 83 heavy (non-hydrogen) atoms. The van der Waals surface area contributed by atoms with Crippen LogP contribution in [0, 0.1) is 17.8 Å². The van der Waals surface area contributed by atoms with Crippen LogP contribution in [-0.4, -0.2) is 200 Å². The van der Waals surface area contributed by atoms with Gasteiger partial charge in [-0.05, 0) is 93.7 Å². The van der Waals surface area contributed by atoms with Gasteiger partial charge in [0, 0.05) is 61.1 Å². The maximum Gasteiger partial charge on any atom is 0.338 e. The predicted molar refractivity (Wildman–Crippen MR) is 296 cm³/mol. The number of benzene rings is 2. The number of aryl methyl sites for hydroxylation is 3. The van der Waals surface area contributed by atoms with Crippen molar-refractivity contribution in [2.24, 2.45) is 23.5 Å². The molecule has 4 aromatic rings. The van der Waals surface area contributed by atoms with Gasteiger partial charge < -0.3 is 89.5 Å². The highest BCUT2D eigenvalue weighted by molar-refractivity contribution is 5.94. The van der Waals surface area contributed by atoms with E-state index in [4.69, 9.17) is 43.6 Å². The van der Waals surface area contributed by atoms with Crippen LogP contribution < -0.4 is 16.4 Å². The number of carbonyl (C=O) groups is 4. The van der Waals surface area contributed by atoms with Gasteiger partial charge in [-0.25, -0.2) is 9.59 Å². The molecule has 4 aliphatic rings. The Morgan fingerprint density at radius 2 is 1.61 bits per heavy atom. The van der Waals surface area contributed by atoms with Crippen LogP contribution in [0.15, 0.2) is 67.0 Å². The molecule has 2 aliphatic carbocycles. The highest BCUT2D eigenvalue weighted by Crippen LogP contribution is 2.39. The molecule has 8 rings (SSSR count). The topological polar surface area (TPSA) is 349 Å². The number of aliphatic hydroxyl groups excluding tert-OH is 5. The van der Waals surface area contributed by atoms with Crippen LogP contribution in [0.5, 0.6) is 0 Å². The highest BCUT2D eigenvalue weighted by atomic mass is 16.7. The van der Waals surface area contributed by atoms with Crippen LogP contribution >= 0.6 is 0 Å². The minimum Gasteiger partial charge on any atom is -0.479 e. The Bertz CT molecular complexity index is 2670. The van der Waals surface area contributed by atoms with Gasteiger partial charge in [0.2, 0.25) is 11.8 Å². The monoisotopic (exact) mass is 1170 g/mol. The first-order valence-corrected chi connectivity index (χ1v) is 29.1. The quantitative estimate of drug-likeness (QED) is 0.0277. The molecule has 2 aromatic heterocycles. The Balaban J connectivity index is 0.899. The molecule has 458 valence electrons. The number of nitrogens with two attached hydrogens (primary N) is 1. The number of carboxylic acid groups (broad SMARTS) is 1. The van der Waals surface area contributed by atoms with Crippen molar-refractivity contribution in [2.45, 2.75) is 177 Å². The number of carbonyl (C=O) groups excluding carboxylic acids is 3. The second-order valence-electron chi connectivity index (χ2n) is 22.2. The van der Waals surface area contributed by atoms with Gasteiger partial charge >= 0.3 is 11.9 Å². The molecule has 0 radical (unpaired) electrons. The van der Waals surface area contributed by atoms with Crippen LogP contribution in [0.1, 0.15) is 94.1 Å². The van der Waals surface area contributed by atoms with Crippen LogP contribution in [0.3, 0.4) is 0 Å². The molecule has 15 atom stereocenters. The second-order valence-corrected chi connectivity index (χ2v) is 22.2. The van der Waals surface area contributed by atoms with Crippen molar-refractivity contribution in [3.63, 3.8) is 0 Å². The fourth-order valence-corrected chi connectivity index (χ4v) is 11.5. The number of nitrogens with zero attached hydrogens (tertiary/aromatic N) is 4. The van der Waals surface area contributed by atoms with E-state index in [1.807, 2.05) is 36.7 Å². The lowest BCUT2D eigenvalue weighted by molar-refractivity contribution is -0.349. The molecule has 25 nitrogen and oxygen atoms in total. The largest absolute Gasteiger partial charge is 0.479 e. The van der Waals surface area contributed by atoms with Crippen molar-refractivity contribution in [3.8, 4) is 0 Å². The second kappa shape index (κ2) is 31.0. The zero-order valence-corrected chi connectivity index (χ0v) is 47.2. The van der Waals surface area contributed by atoms with Gasteiger partial charge in [0.25, 0.3) is 0 Å². The fourth-order valence-electron chi connectivity index (χ4n) is 11.5. The number of carboxylic acids is 1. The van der Waals surface area contributed by atoms with E-state index in [0.717, 1.165) is 55.1 Å². The maximum atomic E-state index is 14.2. The van der Waals surface area contributed by atoms with E-state index in [1.54, 1.807) is 29.8 Å². The number of nitrogens with one attached hydrogen (secondary N) is 2. The number of hydrogen-bond donors (Lipinski definition) is 9. The number of aliphatic hydroxyl groups is 5. The van der Waals surface area contributed by atoms with E-state index in [2.05, 4.69) is 25.5 Å². The maximum absolute atomic E-state index is 14.2. The minimum atomic E-state index is -1.70. The predicted octanol–water partition coefficient (Wildman–Crippen LogP) is 2.06. The van der Waals surface area contributed by atoms with Gasteiger partial charge in [-0.15, -0.1) is 5.10 Å². The van der Waals surface area contributed by atoms with Gasteiger partial charge in [-0.2, -0.15) is 0 Å². The Morgan fingerprint density at radius 3 is 2.37 bits per heavy atom. The molecule has 2 aliphatic heterocycles. The summed E-state index contributed by atoms with van der Waals surface area (Å²) in [6.07, 6.45) is -8.23. The Labute approximate surface area is 482 Å². The standard InChI is InChI=1S/C58H83N7O18/c1-34-27-39(54(72)60-20-9-15-41-31-65(63-62-41)22-10-21-64-23-18-38-29-40(16-17-42(38)64)61-46(67)33-77-26-25-76-24-19-59)30-43(51(34)83-57-50(71)49(70)47(68)35(2)78-57)80-58-53(82-56(75)37-13-7-4-8-14-37)52(48(69)45(32-66)81-58)79-44(55(73)74)28-36-11-5-3-6-12-36/h4,7-8,13-14,16-18,23,29,31,34-36,39,43-45,47-53,57-58,66,68-71H,3,5-6,9-12,15,19-22,24-28,30,32-33,59H2,1-2H3,(H,60,72)(H,61,67)(H,73,74)/t34?,35?,39?,43-,44+,45?,47-,48+,49?,50?,51?,52?,53?,57+,58-/m1/s1. The van der Waals surface area contributed by atoms with Gasteiger partial charge in [-0.1, -0.05) is 62.4 Å². The molecule has 2 amide bonds. The van der Waals surface area contributed by atoms with Crippen molar-refractivity contribution >= 4 is 40.3 Å². The van der Waals surface area contributed by atoms with E-state index in [9.17, 15) is 49.8 Å². The number of aromatic nitrogens is 4. The van der Waals surface area contributed by atoms with Crippen molar-refractivity contribution in [1.29, 1.82) is 0 Å². The molecular weight excluding hydrogens is 1080 g/mol. The third kappa shape index (κ3) is 17.3. The molecule has 2 aromatic carbocycles. The number of rotatable bonds is 29. The van der Waals surface area contributed by atoms with Crippen LogP contribution in [0.25, 0.3) is 10.9 Å². The minimum absolute atomic E-state index is 0.0277. The summed E-state index contributed by atoms with van der Waals surface area (Å²) in [6, 6.07) is 15.7. The zero-order valence-electron chi connectivity index (χ0n) is 47.2. The lowest BCUT2D eigenvalue weighted by Gasteiger charge is -2.48.